The van der Waals surface area contributed by atoms with Crippen LogP contribution in [0.1, 0.15) is 100 Å². The van der Waals surface area contributed by atoms with Gasteiger partial charge in [0.15, 0.2) is 5.60 Å². The third-order valence-electron chi connectivity index (χ3n) is 8.91. The number of allylic oxidation sites excluding steroid dienone is 4. The number of carbonyl (C=O) groups excluding carboxylic acids is 3. The van der Waals surface area contributed by atoms with E-state index in [9.17, 15) is 14.4 Å². The van der Waals surface area contributed by atoms with Crippen LogP contribution in [0.3, 0.4) is 0 Å². The molecule has 2 aromatic rings. The van der Waals surface area contributed by atoms with Gasteiger partial charge in [-0.25, -0.2) is 4.79 Å². The molecule has 4 rings (SSSR count). The summed E-state index contributed by atoms with van der Waals surface area (Å²) in [6, 6.07) is 14.0. The number of carbonyl (C=O) groups is 3. The third kappa shape index (κ3) is 10.5. The Morgan fingerprint density at radius 2 is 1.52 bits per heavy atom. The number of hydrogen-bond donors (Lipinski definition) is 0. The fourth-order valence-corrected chi connectivity index (χ4v) is 5.86. The molecule has 2 aliphatic carbocycles. The van der Waals surface area contributed by atoms with Gasteiger partial charge >= 0.3 is 17.9 Å². The summed E-state index contributed by atoms with van der Waals surface area (Å²) in [5.41, 5.74) is 2.11. The van der Waals surface area contributed by atoms with Crippen molar-refractivity contribution in [1.29, 1.82) is 0 Å². The van der Waals surface area contributed by atoms with E-state index in [-0.39, 0.29) is 23.8 Å². The van der Waals surface area contributed by atoms with Crippen LogP contribution in [0.25, 0.3) is 0 Å². The van der Waals surface area contributed by atoms with E-state index >= 15 is 0 Å². The molecule has 0 unspecified atom stereocenters. The number of rotatable bonds is 8. The van der Waals surface area contributed by atoms with Crippen LogP contribution in [0.5, 0.6) is 5.75 Å². The minimum absolute atomic E-state index is 0.156. The first kappa shape index (κ1) is 35.9. The molecule has 6 heteroatoms. The van der Waals surface area contributed by atoms with E-state index in [1.165, 1.54) is 0 Å². The van der Waals surface area contributed by atoms with Crippen molar-refractivity contribution in [1.82, 2.24) is 0 Å². The van der Waals surface area contributed by atoms with Gasteiger partial charge in [0.2, 0.25) is 0 Å². The molecule has 2 fully saturated rings. The topological polar surface area (TPSA) is 78.9 Å². The van der Waals surface area contributed by atoms with Crippen LogP contribution in [0.4, 0.5) is 0 Å². The minimum Gasteiger partial charge on any atom is -0.466 e. The summed E-state index contributed by atoms with van der Waals surface area (Å²) in [6.45, 7) is 6.29. The molecule has 248 valence electrons. The number of terminal acetylenes is 1. The van der Waals surface area contributed by atoms with Crippen molar-refractivity contribution in [2.75, 3.05) is 6.61 Å². The van der Waals surface area contributed by atoms with Gasteiger partial charge in [0.05, 0.1) is 24.0 Å². The largest absolute Gasteiger partial charge is 0.466 e. The fraction of sp³-hybridized carbons (Fsp3) is 0.405. The highest BCUT2D eigenvalue weighted by Gasteiger charge is 2.37. The molecule has 2 saturated carbocycles. The Morgan fingerprint density at radius 1 is 0.896 bits per heavy atom. The zero-order chi connectivity index (χ0) is 34.4. The van der Waals surface area contributed by atoms with Gasteiger partial charge in [0.1, 0.15) is 5.75 Å². The average molecular weight is 645 g/mol. The Hall–Kier alpha value is -4.99. The lowest BCUT2D eigenvalue weighted by Crippen LogP contribution is -2.37. The van der Waals surface area contributed by atoms with E-state index < -0.39 is 11.6 Å². The monoisotopic (exact) mass is 644 g/mol. The summed E-state index contributed by atoms with van der Waals surface area (Å²) in [4.78, 5) is 38.0. The summed E-state index contributed by atoms with van der Waals surface area (Å²) in [5, 5.41) is 0. The SMILES string of the molecule is C#Cc1ccc(C#CC(/C=C\CC#CC2(OC(=O)c3ccc(OC(=O)C4CCC(C(=O)OCC)CC4)cc3)CCC(C)CC2)=C/C)cc1. The molecule has 0 radical (unpaired) electrons. The molecular formula is C42H44O6. The fourth-order valence-electron chi connectivity index (χ4n) is 5.86. The summed E-state index contributed by atoms with van der Waals surface area (Å²) < 4.78 is 16.8. The Bertz CT molecular complexity index is 1650. The number of esters is 3. The molecule has 0 aliphatic heterocycles. The molecule has 0 atom stereocenters. The molecule has 0 amide bonds. The van der Waals surface area contributed by atoms with E-state index in [2.05, 4.69) is 36.5 Å². The normalized spacial score (nSPS) is 22.2. The smallest absolute Gasteiger partial charge is 0.339 e. The van der Waals surface area contributed by atoms with E-state index in [1.54, 1.807) is 31.2 Å². The predicted molar refractivity (Wildman–Crippen MR) is 186 cm³/mol. The predicted octanol–water partition coefficient (Wildman–Crippen LogP) is 8.00. The van der Waals surface area contributed by atoms with Crippen molar-refractivity contribution in [3.05, 3.63) is 89.0 Å². The van der Waals surface area contributed by atoms with E-state index in [0.29, 0.717) is 68.8 Å². The average Bonchev–Trinajstić information content (AvgIpc) is 3.11. The van der Waals surface area contributed by atoms with Gasteiger partial charge < -0.3 is 14.2 Å². The summed E-state index contributed by atoms with van der Waals surface area (Å²) in [6.07, 6.45) is 17.4. The molecule has 2 aliphatic rings. The molecule has 0 N–H and O–H groups in total. The van der Waals surface area contributed by atoms with Crippen molar-refractivity contribution in [3.63, 3.8) is 0 Å². The molecule has 0 bridgehead atoms. The summed E-state index contributed by atoms with van der Waals surface area (Å²) in [5.74, 6) is 15.0. The first-order chi connectivity index (χ1) is 23.2. The van der Waals surface area contributed by atoms with Crippen LogP contribution >= 0.6 is 0 Å². The second-order valence-corrected chi connectivity index (χ2v) is 12.4. The highest BCUT2D eigenvalue weighted by Crippen LogP contribution is 2.35. The Morgan fingerprint density at radius 3 is 2.12 bits per heavy atom. The van der Waals surface area contributed by atoms with Gasteiger partial charge in [-0.3, -0.25) is 9.59 Å². The maximum absolute atomic E-state index is 13.3. The molecule has 6 nitrogen and oxygen atoms in total. The zero-order valence-corrected chi connectivity index (χ0v) is 28.2. The van der Waals surface area contributed by atoms with E-state index in [1.807, 2.05) is 49.4 Å². The second kappa shape index (κ2) is 17.8. The van der Waals surface area contributed by atoms with Gasteiger partial charge in [-0.2, -0.15) is 0 Å². The number of ether oxygens (including phenoxy) is 3. The highest BCUT2D eigenvalue weighted by atomic mass is 16.6. The summed E-state index contributed by atoms with van der Waals surface area (Å²) in [7, 11) is 0. The van der Waals surface area contributed by atoms with Gasteiger partial charge in [0, 0.05) is 23.1 Å². The lowest BCUT2D eigenvalue weighted by molar-refractivity contribution is -0.151. The Balaban J connectivity index is 1.32. The molecule has 0 spiro atoms. The minimum atomic E-state index is -0.848. The van der Waals surface area contributed by atoms with Gasteiger partial charge in [-0.15, -0.1) is 6.42 Å². The van der Waals surface area contributed by atoms with E-state index in [0.717, 1.165) is 29.5 Å². The molecule has 0 saturated heterocycles. The zero-order valence-electron chi connectivity index (χ0n) is 28.2. The Kier molecular flexibility index (Phi) is 13.3. The first-order valence-electron chi connectivity index (χ1n) is 16.9. The van der Waals surface area contributed by atoms with Crippen molar-refractivity contribution in [2.45, 2.75) is 84.2 Å². The van der Waals surface area contributed by atoms with Crippen molar-refractivity contribution < 1.29 is 28.6 Å². The third-order valence-corrected chi connectivity index (χ3v) is 8.91. The maximum atomic E-state index is 13.3. The lowest BCUT2D eigenvalue weighted by atomic mass is 9.79. The highest BCUT2D eigenvalue weighted by molar-refractivity contribution is 5.90. The molecule has 48 heavy (non-hydrogen) atoms. The molecule has 0 aromatic heterocycles. The molecular weight excluding hydrogens is 600 g/mol. The number of hydrogen-bond acceptors (Lipinski definition) is 6. The first-order valence-corrected chi connectivity index (χ1v) is 16.9. The van der Waals surface area contributed by atoms with Crippen molar-refractivity contribution in [2.24, 2.45) is 17.8 Å². The maximum Gasteiger partial charge on any atom is 0.339 e. The number of benzene rings is 2. The Labute approximate surface area is 285 Å². The molecule has 2 aromatic carbocycles. The summed E-state index contributed by atoms with van der Waals surface area (Å²) >= 11 is 0. The van der Waals surface area contributed by atoms with Crippen LogP contribution < -0.4 is 4.74 Å². The van der Waals surface area contributed by atoms with Crippen molar-refractivity contribution >= 4 is 17.9 Å². The van der Waals surface area contributed by atoms with Crippen molar-refractivity contribution in [3.8, 4) is 41.8 Å². The van der Waals surface area contributed by atoms with Crippen LogP contribution in [0, 0.1) is 53.8 Å². The van der Waals surface area contributed by atoms with Crippen LogP contribution in [0.15, 0.2) is 72.3 Å². The van der Waals surface area contributed by atoms with Crippen LogP contribution in [0.2, 0.25) is 0 Å². The van der Waals surface area contributed by atoms with Crippen LogP contribution in [-0.2, 0) is 19.1 Å². The van der Waals surface area contributed by atoms with Gasteiger partial charge in [-0.1, -0.05) is 48.7 Å². The quantitative estimate of drug-likeness (QED) is 0.125. The standard InChI is InChI=1S/C42H44O6/c1-5-32(12-15-34-16-13-33(6-2)14-17-34)11-9-8-10-28-42(29-26-31(4)27-30-42)48-41(45)37-22-24-38(25-23-37)47-40(44)36-20-18-35(19-21-36)39(43)46-7-3/h2,5,9,11,13-14,16-17,22-25,31,35-36H,7-8,18-21,26-27,29-30H2,1,3-4H3/b11-9-,32-5+. The second-order valence-electron chi connectivity index (χ2n) is 12.4. The van der Waals surface area contributed by atoms with Gasteiger partial charge in [0.25, 0.3) is 0 Å². The van der Waals surface area contributed by atoms with Gasteiger partial charge in [-0.05, 0) is 126 Å². The lowest BCUT2D eigenvalue weighted by Gasteiger charge is -2.34. The van der Waals surface area contributed by atoms with E-state index in [4.69, 9.17) is 20.6 Å². The molecule has 0 heterocycles. The van der Waals surface area contributed by atoms with Crippen LogP contribution in [-0.4, -0.2) is 30.1 Å².